The van der Waals surface area contributed by atoms with Crippen LogP contribution in [-0.2, 0) is 11.2 Å². The van der Waals surface area contributed by atoms with Crippen molar-refractivity contribution in [3.05, 3.63) is 65.5 Å². The first-order chi connectivity index (χ1) is 13.6. The number of aryl methyl sites for hydroxylation is 1. The summed E-state index contributed by atoms with van der Waals surface area (Å²) in [5.74, 6) is 0.0171. The van der Waals surface area contributed by atoms with Gasteiger partial charge in [-0.3, -0.25) is 9.69 Å². The van der Waals surface area contributed by atoms with Gasteiger partial charge in [0.15, 0.2) is 0 Å². The third-order valence-corrected chi connectivity index (χ3v) is 6.14. The summed E-state index contributed by atoms with van der Waals surface area (Å²) in [6, 6.07) is 15.7. The van der Waals surface area contributed by atoms with Crippen LogP contribution >= 0.6 is 0 Å². The van der Waals surface area contributed by atoms with E-state index in [-0.39, 0.29) is 11.7 Å². The lowest BCUT2D eigenvalue weighted by atomic mass is 10.1. The van der Waals surface area contributed by atoms with Crippen LogP contribution in [0.15, 0.2) is 48.5 Å². The predicted octanol–water partition coefficient (Wildman–Crippen LogP) is 3.48. The molecule has 2 aromatic rings. The third kappa shape index (κ3) is 4.04. The number of rotatable bonds is 5. The number of carbonyl (C=O) groups excluding carboxylic acids is 1. The number of halogens is 1. The Balaban J connectivity index is 1.25. The van der Waals surface area contributed by atoms with Gasteiger partial charge in [0, 0.05) is 50.9 Å². The van der Waals surface area contributed by atoms with Crippen LogP contribution in [0, 0.1) is 5.82 Å². The van der Waals surface area contributed by atoms with E-state index in [0.717, 1.165) is 51.3 Å². The van der Waals surface area contributed by atoms with Gasteiger partial charge in [-0.2, -0.15) is 0 Å². The smallest absolute Gasteiger partial charge is 0.223 e. The molecule has 1 aliphatic carbocycles. The number of anilines is 1. The number of nitrogens with zero attached hydrogens (tertiary/aromatic N) is 3. The minimum Gasteiger partial charge on any atom is -0.368 e. The highest BCUT2D eigenvalue weighted by atomic mass is 19.1. The molecule has 0 radical (unpaired) electrons. The van der Waals surface area contributed by atoms with Crippen molar-refractivity contribution < 1.29 is 9.18 Å². The molecule has 1 fully saturated rings. The second-order valence-electron chi connectivity index (χ2n) is 7.83. The standard InChI is InChI=1S/C23H28FN3O/c1-25(22-11-6-18-4-2-3-5-21(18)22)13-12-23(28)27-16-14-26(15-17-27)20-9-7-19(24)8-10-20/h2-5,7-10,22H,6,11-17H2,1H3. The monoisotopic (exact) mass is 381 g/mol. The highest BCUT2D eigenvalue weighted by molar-refractivity contribution is 5.76. The highest BCUT2D eigenvalue weighted by Gasteiger charge is 2.27. The van der Waals surface area contributed by atoms with Crippen molar-refractivity contribution in [1.29, 1.82) is 0 Å². The Morgan fingerprint density at radius 2 is 1.79 bits per heavy atom. The molecule has 4 nitrogen and oxygen atoms in total. The SMILES string of the molecule is CN(CCC(=O)N1CCN(c2ccc(F)cc2)CC1)C1CCc2ccccc21. The molecule has 5 heteroatoms. The van der Waals surface area contributed by atoms with Crippen LogP contribution in [0.1, 0.15) is 30.0 Å². The molecule has 1 unspecified atom stereocenters. The Hall–Kier alpha value is -2.40. The lowest BCUT2D eigenvalue weighted by molar-refractivity contribution is -0.131. The van der Waals surface area contributed by atoms with Crippen LogP contribution in [0.2, 0.25) is 0 Å². The summed E-state index contributed by atoms with van der Waals surface area (Å²) in [6.07, 6.45) is 2.83. The molecule has 0 N–H and O–H groups in total. The van der Waals surface area contributed by atoms with E-state index in [0.29, 0.717) is 12.5 Å². The second kappa shape index (κ2) is 8.31. The van der Waals surface area contributed by atoms with E-state index in [1.807, 2.05) is 4.90 Å². The van der Waals surface area contributed by atoms with Crippen molar-refractivity contribution >= 4 is 11.6 Å². The summed E-state index contributed by atoms with van der Waals surface area (Å²) in [6.45, 7) is 3.83. The average molecular weight is 381 g/mol. The summed E-state index contributed by atoms with van der Waals surface area (Å²) < 4.78 is 13.1. The molecule has 0 aromatic heterocycles. The molecule has 0 bridgehead atoms. The molecule has 1 heterocycles. The Labute approximate surface area is 166 Å². The van der Waals surface area contributed by atoms with Crippen LogP contribution < -0.4 is 4.90 Å². The van der Waals surface area contributed by atoms with Gasteiger partial charge in [-0.05, 0) is 55.3 Å². The van der Waals surface area contributed by atoms with Gasteiger partial charge in [-0.15, -0.1) is 0 Å². The molecule has 1 amide bonds. The van der Waals surface area contributed by atoms with Crippen molar-refractivity contribution in [2.45, 2.75) is 25.3 Å². The van der Waals surface area contributed by atoms with E-state index >= 15 is 0 Å². The summed E-state index contributed by atoms with van der Waals surface area (Å²) >= 11 is 0. The van der Waals surface area contributed by atoms with E-state index in [1.165, 1.54) is 23.3 Å². The Kier molecular flexibility index (Phi) is 5.62. The van der Waals surface area contributed by atoms with Gasteiger partial charge in [0.1, 0.15) is 5.82 Å². The topological polar surface area (TPSA) is 26.8 Å². The van der Waals surface area contributed by atoms with E-state index < -0.39 is 0 Å². The molecule has 1 aliphatic heterocycles. The molecular formula is C23H28FN3O. The lowest BCUT2D eigenvalue weighted by Gasteiger charge is -2.36. The van der Waals surface area contributed by atoms with Gasteiger partial charge in [0.25, 0.3) is 0 Å². The van der Waals surface area contributed by atoms with Crippen molar-refractivity contribution in [1.82, 2.24) is 9.80 Å². The molecule has 148 valence electrons. The maximum Gasteiger partial charge on any atom is 0.223 e. The number of carbonyl (C=O) groups is 1. The van der Waals surface area contributed by atoms with Crippen LogP contribution in [-0.4, -0.2) is 55.5 Å². The van der Waals surface area contributed by atoms with E-state index in [1.54, 1.807) is 12.1 Å². The molecule has 2 aromatic carbocycles. The van der Waals surface area contributed by atoms with Crippen LogP contribution in [0.5, 0.6) is 0 Å². The van der Waals surface area contributed by atoms with Gasteiger partial charge in [-0.1, -0.05) is 24.3 Å². The first kappa shape index (κ1) is 18.9. The summed E-state index contributed by atoms with van der Waals surface area (Å²) in [7, 11) is 2.13. The summed E-state index contributed by atoms with van der Waals surface area (Å²) in [5, 5.41) is 0. The molecule has 0 saturated carbocycles. The number of hydrogen-bond acceptors (Lipinski definition) is 3. The zero-order chi connectivity index (χ0) is 19.5. The van der Waals surface area contributed by atoms with Gasteiger partial charge < -0.3 is 9.80 Å². The quantitative estimate of drug-likeness (QED) is 0.793. The first-order valence-electron chi connectivity index (χ1n) is 10.2. The highest BCUT2D eigenvalue weighted by Crippen LogP contribution is 2.34. The number of hydrogen-bond donors (Lipinski definition) is 0. The minimum absolute atomic E-state index is 0.216. The molecule has 0 spiro atoms. The zero-order valence-electron chi connectivity index (χ0n) is 16.5. The fourth-order valence-electron chi connectivity index (χ4n) is 4.44. The fraction of sp³-hybridized carbons (Fsp3) is 0.435. The normalized spacial score (nSPS) is 19.2. The summed E-state index contributed by atoms with van der Waals surface area (Å²) in [4.78, 5) is 19.2. The van der Waals surface area contributed by atoms with Crippen molar-refractivity contribution in [3.8, 4) is 0 Å². The number of benzene rings is 2. The zero-order valence-corrected chi connectivity index (χ0v) is 16.5. The van der Waals surface area contributed by atoms with E-state index in [9.17, 15) is 9.18 Å². The van der Waals surface area contributed by atoms with Crippen LogP contribution in [0.3, 0.4) is 0 Å². The maximum absolute atomic E-state index is 13.1. The van der Waals surface area contributed by atoms with Crippen LogP contribution in [0.4, 0.5) is 10.1 Å². The molecule has 4 rings (SSSR count). The largest absolute Gasteiger partial charge is 0.368 e. The lowest BCUT2D eigenvalue weighted by Crippen LogP contribution is -2.49. The molecule has 28 heavy (non-hydrogen) atoms. The van der Waals surface area contributed by atoms with Gasteiger partial charge >= 0.3 is 0 Å². The van der Waals surface area contributed by atoms with Crippen LogP contribution in [0.25, 0.3) is 0 Å². The summed E-state index contributed by atoms with van der Waals surface area (Å²) in [5.41, 5.74) is 3.89. The predicted molar refractivity (Wildman–Crippen MR) is 110 cm³/mol. The number of amides is 1. The molecule has 2 aliphatic rings. The number of fused-ring (bicyclic) bond motifs is 1. The van der Waals surface area contributed by atoms with Gasteiger partial charge in [0.2, 0.25) is 5.91 Å². The molecular weight excluding hydrogens is 353 g/mol. The van der Waals surface area contributed by atoms with E-state index in [4.69, 9.17) is 0 Å². The average Bonchev–Trinajstić information content (AvgIpc) is 3.17. The Morgan fingerprint density at radius 1 is 1.07 bits per heavy atom. The van der Waals surface area contributed by atoms with Gasteiger partial charge in [-0.25, -0.2) is 4.39 Å². The number of piperazine rings is 1. The van der Waals surface area contributed by atoms with E-state index in [2.05, 4.69) is 41.1 Å². The fourth-order valence-corrected chi connectivity index (χ4v) is 4.44. The molecule has 1 saturated heterocycles. The van der Waals surface area contributed by atoms with Crippen molar-refractivity contribution in [3.63, 3.8) is 0 Å². The molecule has 1 atom stereocenters. The minimum atomic E-state index is -0.216. The third-order valence-electron chi connectivity index (χ3n) is 6.14. The van der Waals surface area contributed by atoms with Crippen molar-refractivity contribution in [2.75, 3.05) is 44.7 Å². The Bertz CT molecular complexity index is 815. The Morgan fingerprint density at radius 3 is 2.54 bits per heavy atom. The second-order valence-corrected chi connectivity index (χ2v) is 7.83. The maximum atomic E-state index is 13.1. The van der Waals surface area contributed by atoms with Crippen molar-refractivity contribution in [2.24, 2.45) is 0 Å². The first-order valence-corrected chi connectivity index (χ1v) is 10.2. The van der Waals surface area contributed by atoms with Gasteiger partial charge in [0.05, 0.1) is 0 Å².